The number of hydrogen-bond donors (Lipinski definition) is 2. The van der Waals surface area contributed by atoms with Crippen LogP contribution in [0, 0.1) is 0 Å². The molecule has 11 heteroatoms. The molecule has 0 spiro atoms. The Labute approximate surface area is 173 Å². The number of amides is 2. The van der Waals surface area contributed by atoms with E-state index in [0.717, 1.165) is 23.1 Å². The highest BCUT2D eigenvalue weighted by atomic mass is 32.1. The van der Waals surface area contributed by atoms with Gasteiger partial charge >= 0.3 is 6.36 Å². The second-order valence-corrected chi connectivity index (χ2v) is 7.24. The number of hydrogen-bond acceptors (Lipinski definition) is 6. The van der Waals surface area contributed by atoms with Gasteiger partial charge in [-0.15, -0.1) is 13.2 Å². The van der Waals surface area contributed by atoms with Crippen molar-refractivity contribution in [2.45, 2.75) is 6.36 Å². The summed E-state index contributed by atoms with van der Waals surface area (Å²) in [5.74, 6) is -1.21. The lowest BCUT2D eigenvalue weighted by molar-refractivity contribution is -0.274. The SMILES string of the molecule is CN(CC(=O)NCC(=O)Nc1nc2ccc(OC(F)(F)F)cc2s1)c1ccccc1. The molecule has 0 unspecified atom stereocenters. The van der Waals surface area contributed by atoms with Crippen LogP contribution in [0.25, 0.3) is 10.2 Å². The van der Waals surface area contributed by atoms with E-state index in [9.17, 15) is 22.8 Å². The van der Waals surface area contributed by atoms with Crippen molar-refractivity contribution in [1.29, 1.82) is 0 Å². The van der Waals surface area contributed by atoms with Crippen LogP contribution >= 0.6 is 11.3 Å². The first kappa shape index (κ1) is 21.4. The number of para-hydroxylation sites is 1. The second-order valence-electron chi connectivity index (χ2n) is 6.21. The summed E-state index contributed by atoms with van der Waals surface area (Å²) < 4.78 is 41.2. The van der Waals surface area contributed by atoms with Crippen LogP contribution in [-0.4, -0.2) is 43.3 Å². The number of carbonyl (C=O) groups excluding carboxylic acids is 2. The molecular weight excluding hydrogens is 421 g/mol. The standard InChI is InChI=1S/C19H17F3N4O3S/c1-26(12-5-3-2-4-6-12)11-17(28)23-10-16(27)25-18-24-14-8-7-13(9-15(14)30-18)29-19(20,21)22/h2-9H,10-11H2,1H3,(H,23,28)(H,24,25,27). The Hall–Kier alpha value is -3.34. The van der Waals surface area contributed by atoms with Crippen molar-refractivity contribution in [2.24, 2.45) is 0 Å². The van der Waals surface area contributed by atoms with E-state index in [1.165, 1.54) is 12.1 Å². The fraction of sp³-hybridized carbons (Fsp3) is 0.211. The Bertz CT molecular complexity index is 1040. The van der Waals surface area contributed by atoms with Crippen LogP contribution in [0.15, 0.2) is 48.5 Å². The zero-order valence-corrected chi connectivity index (χ0v) is 16.5. The maximum absolute atomic E-state index is 12.3. The number of rotatable bonds is 7. The Morgan fingerprint density at radius 1 is 1.13 bits per heavy atom. The average molecular weight is 438 g/mol. The molecule has 0 atom stereocenters. The van der Waals surface area contributed by atoms with Crippen LogP contribution in [0.1, 0.15) is 0 Å². The number of aromatic nitrogens is 1. The Balaban J connectivity index is 1.52. The van der Waals surface area contributed by atoms with Gasteiger partial charge in [0.05, 0.1) is 23.3 Å². The van der Waals surface area contributed by atoms with Crippen LogP contribution < -0.4 is 20.3 Å². The summed E-state index contributed by atoms with van der Waals surface area (Å²) in [5.41, 5.74) is 1.28. The maximum atomic E-state index is 12.3. The minimum absolute atomic E-state index is 0.0699. The van der Waals surface area contributed by atoms with E-state index in [4.69, 9.17) is 0 Å². The summed E-state index contributed by atoms with van der Waals surface area (Å²) in [6.45, 7) is -0.194. The van der Waals surface area contributed by atoms with Gasteiger partial charge in [0.15, 0.2) is 5.13 Å². The minimum Gasteiger partial charge on any atom is -0.406 e. The van der Waals surface area contributed by atoms with Gasteiger partial charge in [0.1, 0.15) is 5.75 Å². The predicted octanol–water partition coefficient (Wildman–Crippen LogP) is 3.39. The van der Waals surface area contributed by atoms with Crippen molar-refractivity contribution in [1.82, 2.24) is 10.3 Å². The average Bonchev–Trinajstić information content (AvgIpc) is 3.07. The third kappa shape index (κ3) is 6.08. The molecule has 1 aromatic heterocycles. The number of nitrogens with zero attached hydrogens (tertiary/aromatic N) is 2. The number of likely N-dealkylation sites (N-methyl/N-ethyl adjacent to an activating group) is 1. The predicted molar refractivity (Wildman–Crippen MR) is 108 cm³/mol. The first-order valence-electron chi connectivity index (χ1n) is 8.69. The number of carbonyl (C=O) groups is 2. The number of alkyl halides is 3. The van der Waals surface area contributed by atoms with Crippen molar-refractivity contribution < 1.29 is 27.5 Å². The molecule has 0 aliphatic rings. The second kappa shape index (κ2) is 8.99. The van der Waals surface area contributed by atoms with Gasteiger partial charge in [-0.25, -0.2) is 4.98 Å². The number of nitrogens with one attached hydrogen (secondary N) is 2. The summed E-state index contributed by atoms with van der Waals surface area (Å²) in [4.78, 5) is 30.0. The van der Waals surface area contributed by atoms with Crippen LogP contribution in [0.2, 0.25) is 0 Å². The first-order chi connectivity index (χ1) is 14.2. The number of ether oxygens (including phenoxy) is 1. The van der Waals surface area contributed by atoms with Crippen LogP contribution in [0.4, 0.5) is 24.0 Å². The van der Waals surface area contributed by atoms with Gasteiger partial charge in [-0.1, -0.05) is 29.5 Å². The van der Waals surface area contributed by atoms with Crippen molar-refractivity contribution in [3.8, 4) is 5.75 Å². The van der Waals surface area contributed by atoms with Gasteiger partial charge in [0.2, 0.25) is 11.8 Å². The molecule has 158 valence electrons. The van der Waals surface area contributed by atoms with Gasteiger partial charge in [-0.2, -0.15) is 0 Å². The number of benzene rings is 2. The van der Waals surface area contributed by atoms with Crippen LogP contribution in [0.5, 0.6) is 5.75 Å². The van der Waals surface area contributed by atoms with Crippen molar-refractivity contribution in [2.75, 3.05) is 30.4 Å². The molecule has 0 fully saturated rings. The lowest BCUT2D eigenvalue weighted by Crippen LogP contribution is -2.39. The topological polar surface area (TPSA) is 83.6 Å². The van der Waals surface area contributed by atoms with Crippen LogP contribution in [-0.2, 0) is 9.59 Å². The highest BCUT2D eigenvalue weighted by molar-refractivity contribution is 7.22. The van der Waals surface area contributed by atoms with Gasteiger partial charge in [-0.3, -0.25) is 9.59 Å². The number of fused-ring (bicyclic) bond motifs is 1. The Morgan fingerprint density at radius 2 is 1.87 bits per heavy atom. The van der Waals surface area contributed by atoms with Gasteiger partial charge in [0, 0.05) is 18.8 Å². The molecule has 1 heterocycles. The lowest BCUT2D eigenvalue weighted by Gasteiger charge is -2.18. The molecule has 0 aliphatic carbocycles. The molecule has 0 bridgehead atoms. The van der Waals surface area contributed by atoms with Gasteiger partial charge in [-0.05, 0) is 24.3 Å². The molecule has 3 aromatic rings. The van der Waals surface area contributed by atoms with E-state index in [1.54, 1.807) is 11.9 Å². The highest BCUT2D eigenvalue weighted by Crippen LogP contribution is 2.31. The van der Waals surface area contributed by atoms with Crippen molar-refractivity contribution in [3.63, 3.8) is 0 Å². The number of thiazole rings is 1. The lowest BCUT2D eigenvalue weighted by atomic mass is 10.3. The molecule has 0 saturated carbocycles. The van der Waals surface area contributed by atoms with E-state index in [1.807, 2.05) is 30.3 Å². The minimum atomic E-state index is -4.79. The first-order valence-corrected chi connectivity index (χ1v) is 9.50. The number of halogens is 3. The van der Waals surface area contributed by atoms with Crippen LogP contribution in [0.3, 0.4) is 0 Å². The largest absolute Gasteiger partial charge is 0.573 e. The van der Waals surface area contributed by atoms with E-state index < -0.39 is 12.3 Å². The zero-order chi connectivity index (χ0) is 21.7. The maximum Gasteiger partial charge on any atom is 0.573 e. The summed E-state index contributed by atoms with van der Waals surface area (Å²) >= 11 is 0.997. The molecule has 0 radical (unpaired) electrons. The molecule has 2 amide bonds. The van der Waals surface area contributed by atoms with E-state index >= 15 is 0 Å². The monoisotopic (exact) mass is 438 g/mol. The van der Waals surface area contributed by atoms with E-state index in [-0.39, 0.29) is 29.9 Å². The van der Waals surface area contributed by atoms with E-state index in [0.29, 0.717) is 10.2 Å². The Morgan fingerprint density at radius 3 is 2.57 bits per heavy atom. The Kier molecular flexibility index (Phi) is 6.40. The fourth-order valence-electron chi connectivity index (χ4n) is 2.54. The van der Waals surface area contributed by atoms with Crippen molar-refractivity contribution >= 4 is 44.2 Å². The fourth-order valence-corrected chi connectivity index (χ4v) is 3.45. The summed E-state index contributed by atoms with van der Waals surface area (Å²) in [6.07, 6.45) is -4.79. The molecule has 2 aromatic carbocycles. The van der Waals surface area contributed by atoms with Crippen molar-refractivity contribution in [3.05, 3.63) is 48.5 Å². The molecule has 0 aliphatic heterocycles. The van der Waals surface area contributed by atoms with Gasteiger partial charge in [0.25, 0.3) is 0 Å². The molecule has 2 N–H and O–H groups in total. The van der Waals surface area contributed by atoms with E-state index in [2.05, 4.69) is 20.4 Å². The molecular formula is C19H17F3N4O3S. The number of anilines is 2. The molecule has 30 heavy (non-hydrogen) atoms. The molecule has 7 nitrogen and oxygen atoms in total. The highest BCUT2D eigenvalue weighted by Gasteiger charge is 2.31. The summed E-state index contributed by atoms with van der Waals surface area (Å²) in [6, 6.07) is 13.0. The quantitative estimate of drug-likeness (QED) is 0.591. The normalized spacial score (nSPS) is 11.2. The summed E-state index contributed by atoms with van der Waals surface area (Å²) in [7, 11) is 1.76. The smallest absolute Gasteiger partial charge is 0.406 e. The summed E-state index contributed by atoms with van der Waals surface area (Å²) in [5, 5.41) is 5.23. The van der Waals surface area contributed by atoms with Gasteiger partial charge < -0.3 is 20.3 Å². The third-order valence-electron chi connectivity index (χ3n) is 3.86. The zero-order valence-electron chi connectivity index (χ0n) is 15.7. The molecule has 3 rings (SSSR count). The molecule has 0 saturated heterocycles. The third-order valence-corrected chi connectivity index (χ3v) is 4.80.